The van der Waals surface area contributed by atoms with Gasteiger partial charge < -0.3 is 14.8 Å². The number of halogens is 1. The van der Waals surface area contributed by atoms with Gasteiger partial charge in [-0.15, -0.1) is 0 Å². The fourth-order valence-corrected chi connectivity index (χ4v) is 3.53. The normalized spacial score (nSPS) is 15.1. The van der Waals surface area contributed by atoms with Crippen LogP contribution < -0.4 is 10.1 Å². The van der Waals surface area contributed by atoms with Gasteiger partial charge in [-0.05, 0) is 58.7 Å². The highest BCUT2D eigenvalue weighted by Gasteiger charge is 2.09. The van der Waals surface area contributed by atoms with E-state index in [1.807, 2.05) is 24.3 Å². The molecule has 2 aromatic carbocycles. The van der Waals surface area contributed by atoms with E-state index in [2.05, 4.69) is 50.4 Å². The fourth-order valence-electron chi connectivity index (χ4n) is 2.99. The lowest BCUT2D eigenvalue weighted by Crippen LogP contribution is -2.37. The first-order chi connectivity index (χ1) is 12.8. The van der Waals surface area contributed by atoms with Crippen LogP contribution in [0.25, 0.3) is 0 Å². The zero-order valence-electron chi connectivity index (χ0n) is 15.1. The zero-order chi connectivity index (χ0) is 18.0. The van der Waals surface area contributed by atoms with E-state index in [0.29, 0.717) is 6.61 Å². The summed E-state index contributed by atoms with van der Waals surface area (Å²) in [4.78, 5) is 2.47. The molecule has 4 nitrogen and oxygen atoms in total. The summed E-state index contributed by atoms with van der Waals surface area (Å²) in [7, 11) is 0. The standard InChI is InChI=1S/C21H27BrN2O2/c22-20-15-19(16-23-9-4-10-24-11-13-25-14-12-24)7-8-21(20)26-17-18-5-2-1-3-6-18/h1-3,5-8,15,23H,4,9-14,16-17H2. The number of nitrogens with one attached hydrogen (secondary N) is 1. The molecule has 0 aliphatic carbocycles. The van der Waals surface area contributed by atoms with E-state index in [0.717, 1.165) is 56.2 Å². The Bertz CT molecular complexity index is 660. The van der Waals surface area contributed by atoms with Crippen molar-refractivity contribution in [2.24, 2.45) is 0 Å². The Balaban J connectivity index is 1.37. The van der Waals surface area contributed by atoms with Crippen LogP contribution >= 0.6 is 15.9 Å². The molecule has 0 bridgehead atoms. The van der Waals surface area contributed by atoms with Gasteiger partial charge in [0.25, 0.3) is 0 Å². The van der Waals surface area contributed by atoms with E-state index in [1.54, 1.807) is 0 Å². The van der Waals surface area contributed by atoms with Gasteiger partial charge in [0.15, 0.2) is 0 Å². The topological polar surface area (TPSA) is 33.7 Å². The largest absolute Gasteiger partial charge is 0.488 e. The minimum absolute atomic E-state index is 0.582. The molecule has 0 spiro atoms. The highest BCUT2D eigenvalue weighted by molar-refractivity contribution is 9.10. The summed E-state index contributed by atoms with van der Waals surface area (Å²) in [6.07, 6.45) is 1.17. The van der Waals surface area contributed by atoms with Crippen LogP contribution in [-0.4, -0.2) is 44.3 Å². The monoisotopic (exact) mass is 418 g/mol. The van der Waals surface area contributed by atoms with Crippen molar-refractivity contribution < 1.29 is 9.47 Å². The number of morpholine rings is 1. The molecule has 1 aliphatic heterocycles. The molecule has 3 rings (SSSR count). The Labute approximate surface area is 164 Å². The number of benzene rings is 2. The summed E-state index contributed by atoms with van der Waals surface area (Å²) in [6, 6.07) is 16.5. The van der Waals surface area contributed by atoms with Gasteiger partial charge in [0, 0.05) is 19.6 Å². The molecule has 0 atom stereocenters. The maximum atomic E-state index is 5.91. The van der Waals surface area contributed by atoms with Crippen LogP contribution in [0.3, 0.4) is 0 Å². The summed E-state index contributed by atoms with van der Waals surface area (Å²) in [5, 5.41) is 3.53. The van der Waals surface area contributed by atoms with E-state index < -0.39 is 0 Å². The van der Waals surface area contributed by atoms with Gasteiger partial charge >= 0.3 is 0 Å². The van der Waals surface area contributed by atoms with Crippen LogP contribution in [0.15, 0.2) is 53.0 Å². The maximum absolute atomic E-state index is 5.91. The SMILES string of the molecule is Brc1cc(CNCCCN2CCOCC2)ccc1OCc1ccccc1. The maximum Gasteiger partial charge on any atom is 0.134 e. The molecule has 1 N–H and O–H groups in total. The third kappa shape index (κ3) is 6.40. The van der Waals surface area contributed by atoms with Gasteiger partial charge in [0.2, 0.25) is 0 Å². The van der Waals surface area contributed by atoms with Crippen molar-refractivity contribution in [3.8, 4) is 5.75 Å². The Morgan fingerprint density at radius 1 is 1.04 bits per heavy atom. The molecule has 1 heterocycles. The fraction of sp³-hybridized carbons (Fsp3) is 0.429. The smallest absolute Gasteiger partial charge is 0.134 e. The molecule has 0 aromatic heterocycles. The van der Waals surface area contributed by atoms with Crippen LogP contribution in [0.5, 0.6) is 5.75 Å². The molecule has 0 amide bonds. The number of hydrogen-bond donors (Lipinski definition) is 1. The second-order valence-electron chi connectivity index (χ2n) is 6.52. The molecular formula is C21H27BrN2O2. The molecule has 1 fully saturated rings. The number of rotatable bonds is 9. The van der Waals surface area contributed by atoms with Crippen LogP contribution in [0.1, 0.15) is 17.5 Å². The van der Waals surface area contributed by atoms with Crippen molar-refractivity contribution in [2.75, 3.05) is 39.4 Å². The van der Waals surface area contributed by atoms with Crippen LogP contribution in [0.4, 0.5) is 0 Å². The predicted octanol–water partition coefficient (Wildman–Crippen LogP) is 3.84. The van der Waals surface area contributed by atoms with Crippen molar-refractivity contribution >= 4 is 15.9 Å². The van der Waals surface area contributed by atoms with Gasteiger partial charge in [-0.1, -0.05) is 36.4 Å². The minimum atomic E-state index is 0.582. The molecule has 26 heavy (non-hydrogen) atoms. The lowest BCUT2D eigenvalue weighted by molar-refractivity contribution is 0.0374. The quantitative estimate of drug-likeness (QED) is 0.627. The average Bonchev–Trinajstić information content (AvgIpc) is 2.69. The number of nitrogens with zero attached hydrogens (tertiary/aromatic N) is 1. The third-order valence-corrected chi connectivity index (χ3v) is 5.11. The first-order valence-electron chi connectivity index (χ1n) is 9.27. The highest BCUT2D eigenvalue weighted by Crippen LogP contribution is 2.26. The molecule has 2 aromatic rings. The summed E-state index contributed by atoms with van der Waals surface area (Å²) >= 11 is 3.62. The van der Waals surface area contributed by atoms with E-state index in [1.165, 1.54) is 17.5 Å². The van der Waals surface area contributed by atoms with E-state index in [4.69, 9.17) is 9.47 Å². The first kappa shape index (κ1) is 19.4. The van der Waals surface area contributed by atoms with Crippen LogP contribution in [0.2, 0.25) is 0 Å². The van der Waals surface area contributed by atoms with Gasteiger partial charge in [-0.3, -0.25) is 4.90 Å². The number of ether oxygens (including phenoxy) is 2. The Hall–Kier alpha value is -1.40. The lowest BCUT2D eigenvalue weighted by Gasteiger charge is -2.26. The van der Waals surface area contributed by atoms with Gasteiger partial charge in [-0.25, -0.2) is 0 Å². The van der Waals surface area contributed by atoms with Crippen molar-refractivity contribution in [2.45, 2.75) is 19.6 Å². The Kier molecular flexibility index (Phi) is 7.95. The van der Waals surface area contributed by atoms with Crippen molar-refractivity contribution in [1.82, 2.24) is 10.2 Å². The van der Waals surface area contributed by atoms with Crippen LogP contribution in [0, 0.1) is 0 Å². The molecule has 140 valence electrons. The minimum Gasteiger partial charge on any atom is -0.488 e. The van der Waals surface area contributed by atoms with Gasteiger partial charge in [-0.2, -0.15) is 0 Å². The van der Waals surface area contributed by atoms with Gasteiger partial charge in [0.1, 0.15) is 12.4 Å². The molecule has 0 radical (unpaired) electrons. The molecule has 0 unspecified atom stereocenters. The van der Waals surface area contributed by atoms with Gasteiger partial charge in [0.05, 0.1) is 17.7 Å². The third-order valence-electron chi connectivity index (χ3n) is 4.49. The second-order valence-corrected chi connectivity index (χ2v) is 7.38. The van der Waals surface area contributed by atoms with E-state index in [-0.39, 0.29) is 0 Å². The summed E-state index contributed by atoms with van der Waals surface area (Å²) in [5.41, 5.74) is 2.43. The average molecular weight is 419 g/mol. The lowest BCUT2D eigenvalue weighted by atomic mass is 10.2. The second kappa shape index (κ2) is 10.7. The molecular weight excluding hydrogens is 392 g/mol. The Morgan fingerprint density at radius 2 is 1.85 bits per heavy atom. The van der Waals surface area contributed by atoms with Crippen LogP contribution in [-0.2, 0) is 17.9 Å². The molecule has 0 saturated carbocycles. The van der Waals surface area contributed by atoms with Crippen molar-refractivity contribution in [1.29, 1.82) is 0 Å². The predicted molar refractivity (Wildman–Crippen MR) is 108 cm³/mol. The summed E-state index contributed by atoms with van der Waals surface area (Å²) in [5.74, 6) is 0.880. The summed E-state index contributed by atoms with van der Waals surface area (Å²) in [6.45, 7) is 7.52. The first-order valence-corrected chi connectivity index (χ1v) is 10.1. The summed E-state index contributed by atoms with van der Waals surface area (Å²) < 4.78 is 12.3. The molecule has 1 saturated heterocycles. The Morgan fingerprint density at radius 3 is 2.62 bits per heavy atom. The van der Waals surface area contributed by atoms with Crippen molar-refractivity contribution in [3.05, 3.63) is 64.1 Å². The van der Waals surface area contributed by atoms with E-state index in [9.17, 15) is 0 Å². The zero-order valence-corrected chi connectivity index (χ0v) is 16.7. The number of hydrogen-bond acceptors (Lipinski definition) is 4. The highest BCUT2D eigenvalue weighted by atomic mass is 79.9. The molecule has 1 aliphatic rings. The van der Waals surface area contributed by atoms with Crippen molar-refractivity contribution in [3.63, 3.8) is 0 Å². The molecule has 5 heteroatoms. The van der Waals surface area contributed by atoms with E-state index >= 15 is 0 Å².